The Labute approximate surface area is 162 Å². The lowest BCUT2D eigenvalue weighted by Gasteiger charge is -2.08. The van der Waals surface area contributed by atoms with Crippen molar-refractivity contribution < 1.29 is 9.72 Å². The third kappa shape index (κ3) is 4.15. The summed E-state index contributed by atoms with van der Waals surface area (Å²) in [4.78, 5) is 22.6. The van der Waals surface area contributed by atoms with Crippen LogP contribution >= 0.6 is 0 Å². The number of nitro groups is 1. The van der Waals surface area contributed by atoms with E-state index < -0.39 is 10.8 Å². The summed E-state index contributed by atoms with van der Waals surface area (Å²) >= 11 is 0. The largest absolute Gasteiger partial charge is 0.318 e. The number of carbonyl (C=O) groups excluding carboxylic acids is 1. The third-order valence-electron chi connectivity index (χ3n) is 4.42. The summed E-state index contributed by atoms with van der Waals surface area (Å²) in [7, 11) is 0. The maximum absolute atomic E-state index is 12.1. The summed E-state index contributed by atoms with van der Waals surface area (Å²) in [5.74, 6) is -0.414. The van der Waals surface area contributed by atoms with E-state index in [4.69, 9.17) is 0 Å². The van der Waals surface area contributed by atoms with Crippen molar-refractivity contribution in [2.45, 2.75) is 20.3 Å². The molecule has 7 heteroatoms. The zero-order valence-corrected chi connectivity index (χ0v) is 15.6. The molecule has 0 aliphatic carbocycles. The van der Waals surface area contributed by atoms with Gasteiger partial charge in [0.2, 0.25) is 5.91 Å². The zero-order valence-electron chi connectivity index (χ0n) is 15.6. The van der Waals surface area contributed by atoms with Crippen molar-refractivity contribution in [2.24, 2.45) is 5.10 Å². The quantitative estimate of drug-likeness (QED) is 0.404. The highest BCUT2D eigenvalue weighted by Gasteiger charge is 2.15. The fourth-order valence-electron chi connectivity index (χ4n) is 3.12. The molecule has 1 N–H and O–H groups in total. The number of rotatable bonds is 6. The zero-order chi connectivity index (χ0) is 20.1. The molecule has 0 aliphatic heterocycles. The van der Waals surface area contributed by atoms with Gasteiger partial charge in [-0.05, 0) is 32.0 Å². The minimum Gasteiger partial charge on any atom is -0.318 e. The molecule has 7 nitrogen and oxygen atoms in total. The van der Waals surface area contributed by atoms with Crippen LogP contribution in [0.5, 0.6) is 0 Å². The van der Waals surface area contributed by atoms with Crippen LogP contribution in [-0.4, -0.2) is 21.6 Å². The second-order valence-corrected chi connectivity index (χ2v) is 6.35. The molecule has 2 aromatic carbocycles. The number of amides is 1. The number of aryl methyl sites for hydroxylation is 1. The fourth-order valence-corrected chi connectivity index (χ4v) is 3.12. The van der Waals surface area contributed by atoms with Crippen molar-refractivity contribution in [3.05, 3.63) is 93.3 Å². The van der Waals surface area contributed by atoms with Crippen molar-refractivity contribution in [1.29, 1.82) is 0 Å². The van der Waals surface area contributed by atoms with E-state index in [9.17, 15) is 14.9 Å². The van der Waals surface area contributed by atoms with Crippen molar-refractivity contribution in [1.82, 2.24) is 9.99 Å². The molecule has 0 unspecified atom stereocenters. The Balaban J connectivity index is 1.70. The molecular formula is C21H20N4O3. The highest BCUT2D eigenvalue weighted by Crippen LogP contribution is 2.20. The molecular weight excluding hydrogens is 356 g/mol. The normalized spacial score (nSPS) is 10.9. The summed E-state index contributed by atoms with van der Waals surface area (Å²) < 4.78 is 2.11. The molecule has 0 bridgehead atoms. The van der Waals surface area contributed by atoms with Gasteiger partial charge < -0.3 is 4.57 Å². The average Bonchev–Trinajstić information content (AvgIpc) is 2.96. The molecule has 0 aliphatic rings. The molecule has 0 atom stereocenters. The van der Waals surface area contributed by atoms with Gasteiger partial charge in [-0.15, -0.1) is 0 Å². The summed E-state index contributed by atoms with van der Waals surface area (Å²) in [6.07, 6.45) is 1.47. The molecule has 3 aromatic rings. The van der Waals surface area contributed by atoms with Gasteiger partial charge in [0.1, 0.15) is 0 Å². The fraction of sp³-hybridized carbons (Fsp3) is 0.143. The molecule has 0 fully saturated rings. The lowest BCUT2D eigenvalue weighted by atomic mass is 10.1. The van der Waals surface area contributed by atoms with Gasteiger partial charge in [-0.25, -0.2) is 5.43 Å². The van der Waals surface area contributed by atoms with E-state index in [1.165, 1.54) is 6.07 Å². The Bertz CT molecular complexity index is 1040. The van der Waals surface area contributed by atoms with Gasteiger partial charge in [-0.2, -0.15) is 5.10 Å². The molecule has 1 amide bonds. The molecule has 0 saturated heterocycles. The van der Waals surface area contributed by atoms with Crippen LogP contribution in [0.1, 0.15) is 22.5 Å². The standard InChI is InChI=1S/C21H20N4O3/c1-15-12-18(16(2)24(15)19-9-4-3-5-10-19)14-22-23-21(26)13-17-8-6-7-11-20(17)25(27)28/h3-12,14H,13H2,1-2H3,(H,23,26)/b22-14-. The SMILES string of the molecule is Cc1cc(/C=N\NC(=O)Cc2ccccc2[N+](=O)[O-])c(C)n1-c1ccccc1. The number of para-hydroxylation sites is 2. The Hall–Kier alpha value is -3.74. The highest BCUT2D eigenvalue weighted by atomic mass is 16.6. The predicted octanol–water partition coefficient (Wildman–Crippen LogP) is 3.70. The number of hydrazone groups is 1. The van der Waals surface area contributed by atoms with Crippen LogP contribution in [0.4, 0.5) is 5.69 Å². The van der Waals surface area contributed by atoms with Crippen molar-refractivity contribution in [3.63, 3.8) is 0 Å². The van der Waals surface area contributed by atoms with Gasteiger partial charge in [0.25, 0.3) is 5.69 Å². The number of nitrogens with one attached hydrogen (secondary N) is 1. The first kappa shape index (κ1) is 19.0. The average molecular weight is 376 g/mol. The molecule has 3 rings (SSSR count). The molecule has 28 heavy (non-hydrogen) atoms. The summed E-state index contributed by atoms with van der Waals surface area (Å²) in [5.41, 5.74) is 6.70. The molecule has 0 radical (unpaired) electrons. The van der Waals surface area contributed by atoms with Gasteiger partial charge in [-0.3, -0.25) is 14.9 Å². The smallest absolute Gasteiger partial charge is 0.273 e. The van der Waals surface area contributed by atoms with Crippen LogP contribution < -0.4 is 5.43 Å². The van der Waals surface area contributed by atoms with E-state index in [2.05, 4.69) is 15.1 Å². The predicted molar refractivity (Wildman–Crippen MR) is 108 cm³/mol. The Morgan fingerprint density at radius 1 is 1.14 bits per heavy atom. The lowest BCUT2D eigenvalue weighted by Crippen LogP contribution is -2.20. The molecule has 142 valence electrons. The first-order chi connectivity index (χ1) is 13.5. The molecule has 0 saturated carbocycles. The van der Waals surface area contributed by atoms with Crippen LogP contribution in [-0.2, 0) is 11.2 Å². The first-order valence-corrected chi connectivity index (χ1v) is 8.76. The van der Waals surface area contributed by atoms with Crippen LogP contribution in [0.3, 0.4) is 0 Å². The Morgan fingerprint density at radius 2 is 1.82 bits per heavy atom. The monoisotopic (exact) mass is 376 g/mol. The van der Waals surface area contributed by atoms with Gasteiger partial charge in [0.15, 0.2) is 0 Å². The number of benzene rings is 2. The molecule has 0 spiro atoms. The number of hydrogen-bond acceptors (Lipinski definition) is 4. The second kappa shape index (κ2) is 8.30. The summed E-state index contributed by atoms with van der Waals surface area (Å²) in [6.45, 7) is 3.99. The minimum absolute atomic E-state index is 0.0759. The van der Waals surface area contributed by atoms with Crippen LogP contribution in [0.2, 0.25) is 0 Å². The number of hydrogen-bond donors (Lipinski definition) is 1. The van der Waals surface area contributed by atoms with Gasteiger partial charge in [-0.1, -0.05) is 36.4 Å². The summed E-state index contributed by atoms with van der Waals surface area (Å²) in [6, 6.07) is 18.1. The van der Waals surface area contributed by atoms with Gasteiger partial charge >= 0.3 is 0 Å². The van der Waals surface area contributed by atoms with Crippen LogP contribution in [0.15, 0.2) is 65.8 Å². The van der Waals surface area contributed by atoms with E-state index in [0.717, 1.165) is 22.6 Å². The van der Waals surface area contributed by atoms with Crippen molar-refractivity contribution in [2.75, 3.05) is 0 Å². The highest BCUT2D eigenvalue weighted by molar-refractivity contribution is 5.85. The van der Waals surface area contributed by atoms with Crippen LogP contribution in [0.25, 0.3) is 5.69 Å². The Morgan fingerprint density at radius 3 is 2.54 bits per heavy atom. The van der Waals surface area contributed by atoms with Crippen LogP contribution in [0, 0.1) is 24.0 Å². The Kier molecular flexibility index (Phi) is 5.64. The van der Waals surface area contributed by atoms with E-state index in [-0.39, 0.29) is 12.1 Å². The van der Waals surface area contributed by atoms with Crippen molar-refractivity contribution >= 4 is 17.8 Å². The summed E-state index contributed by atoms with van der Waals surface area (Å²) in [5, 5.41) is 15.0. The van der Waals surface area contributed by atoms with E-state index >= 15 is 0 Å². The number of carbonyl (C=O) groups is 1. The minimum atomic E-state index is -0.496. The first-order valence-electron chi connectivity index (χ1n) is 8.76. The molecule has 1 aromatic heterocycles. The van der Waals surface area contributed by atoms with E-state index in [1.54, 1.807) is 24.4 Å². The number of aromatic nitrogens is 1. The third-order valence-corrected chi connectivity index (χ3v) is 4.42. The van der Waals surface area contributed by atoms with Gasteiger partial charge in [0, 0.05) is 34.3 Å². The maximum atomic E-state index is 12.1. The van der Waals surface area contributed by atoms with E-state index in [1.807, 2.05) is 50.2 Å². The lowest BCUT2D eigenvalue weighted by molar-refractivity contribution is -0.385. The van der Waals surface area contributed by atoms with E-state index in [0.29, 0.717) is 5.56 Å². The molecule has 1 heterocycles. The maximum Gasteiger partial charge on any atom is 0.273 e. The topological polar surface area (TPSA) is 89.5 Å². The van der Waals surface area contributed by atoms with Gasteiger partial charge in [0.05, 0.1) is 17.6 Å². The second-order valence-electron chi connectivity index (χ2n) is 6.35. The number of nitro benzene ring substituents is 1. The van der Waals surface area contributed by atoms with Crippen molar-refractivity contribution in [3.8, 4) is 5.69 Å². The number of nitrogens with zero attached hydrogens (tertiary/aromatic N) is 3.